The lowest BCUT2D eigenvalue weighted by atomic mass is 10.1. The molecule has 1 unspecified atom stereocenters. The van der Waals surface area contributed by atoms with Crippen LogP contribution in [-0.2, 0) is 17.8 Å². The first-order valence-corrected chi connectivity index (χ1v) is 8.35. The summed E-state index contributed by atoms with van der Waals surface area (Å²) in [6.45, 7) is 0.617. The third-order valence-corrected chi connectivity index (χ3v) is 3.99. The number of anilines is 2. The Balaban J connectivity index is 1.74. The van der Waals surface area contributed by atoms with Crippen molar-refractivity contribution in [1.82, 2.24) is 4.98 Å². The Bertz CT molecular complexity index is 869. The third-order valence-electron chi connectivity index (χ3n) is 3.59. The fourth-order valence-electron chi connectivity index (χ4n) is 2.39. The zero-order valence-electron chi connectivity index (χ0n) is 13.0. The maximum atomic E-state index is 10.6. The Labute approximate surface area is 142 Å². The van der Waals surface area contributed by atoms with Gasteiger partial charge in [-0.2, -0.15) is 0 Å². The number of nitrogens with one attached hydrogen (secondary N) is 2. The molecule has 6 nitrogen and oxygen atoms in total. The number of rotatable bonds is 6. The van der Waals surface area contributed by atoms with Gasteiger partial charge in [0.15, 0.2) is 0 Å². The average molecular weight is 342 g/mol. The van der Waals surface area contributed by atoms with E-state index in [9.17, 15) is 8.76 Å². The minimum atomic E-state index is -2.31. The van der Waals surface area contributed by atoms with Crippen molar-refractivity contribution in [3.8, 4) is 5.75 Å². The van der Waals surface area contributed by atoms with Gasteiger partial charge >= 0.3 is 0 Å². The van der Waals surface area contributed by atoms with Gasteiger partial charge in [0.25, 0.3) is 0 Å². The molecule has 0 fully saturated rings. The van der Waals surface area contributed by atoms with Crippen LogP contribution in [0.15, 0.2) is 54.7 Å². The summed E-state index contributed by atoms with van der Waals surface area (Å²) in [7, 11) is 1.63. The molecule has 3 aromatic rings. The van der Waals surface area contributed by atoms with Gasteiger partial charge in [-0.1, -0.05) is 12.1 Å². The molecule has 0 aliphatic carbocycles. The van der Waals surface area contributed by atoms with Crippen LogP contribution in [0.1, 0.15) is 5.56 Å². The number of benzene rings is 2. The van der Waals surface area contributed by atoms with E-state index in [1.807, 2.05) is 36.4 Å². The van der Waals surface area contributed by atoms with Crippen LogP contribution in [-0.4, -0.2) is 20.9 Å². The number of aromatic nitrogens is 1. The molecule has 1 heterocycles. The number of nitrogens with zero attached hydrogens (tertiary/aromatic N) is 1. The number of hydrogen-bond donors (Lipinski definition) is 2. The number of methoxy groups -OCH3 is 1. The Morgan fingerprint density at radius 2 is 1.96 bits per heavy atom. The van der Waals surface area contributed by atoms with Crippen LogP contribution >= 0.6 is 0 Å². The molecule has 3 rings (SSSR count). The molecular formula is C17H16N3O3S-. The molecule has 0 spiro atoms. The number of hydrogen-bond acceptors (Lipinski definition) is 5. The highest BCUT2D eigenvalue weighted by molar-refractivity contribution is 7.80. The predicted octanol–water partition coefficient (Wildman–Crippen LogP) is 3.06. The van der Waals surface area contributed by atoms with E-state index in [2.05, 4.69) is 15.0 Å². The SMILES string of the molecule is COc1ccc2c(NCc3ccc(NS(=O)[O-])cc3)ccnc2c1. The van der Waals surface area contributed by atoms with E-state index >= 15 is 0 Å². The zero-order valence-corrected chi connectivity index (χ0v) is 13.8. The summed E-state index contributed by atoms with van der Waals surface area (Å²) in [5.74, 6) is 0.769. The fourth-order valence-corrected chi connectivity index (χ4v) is 2.72. The first-order chi connectivity index (χ1) is 11.7. The van der Waals surface area contributed by atoms with Crippen LogP contribution in [0, 0.1) is 0 Å². The van der Waals surface area contributed by atoms with Gasteiger partial charge < -0.3 is 19.3 Å². The largest absolute Gasteiger partial charge is 0.755 e. The minimum Gasteiger partial charge on any atom is -0.755 e. The molecule has 0 saturated heterocycles. The molecule has 2 N–H and O–H groups in total. The number of ether oxygens (including phenoxy) is 1. The summed E-state index contributed by atoms with van der Waals surface area (Å²) in [6, 6.07) is 14.9. The highest BCUT2D eigenvalue weighted by Crippen LogP contribution is 2.25. The van der Waals surface area contributed by atoms with Crippen molar-refractivity contribution in [2.45, 2.75) is 6.54 Å². The minimum absolute atomic E-state index is 0.536. The van der Waals surface area contributed by atoms with E-state index in [1.165, 1.54) is 0 Å². The van der Waals surface area contributed by atoms with Gasteiger partial charge in [-0.3, -0.25) is 9.19 Å². The van der Waals surface area contributed by atoms with Crippen molar-refractivity contribution in [2.75, 3.05) is 17.1 Å². The van der Waals surface area contributed by atoms with E-state index in [0.29, 0.717) is 12.2 Å². The topological polar surface area (TPSA) is 86.3 Å². The van der Waals surface area contributed by atoms with Gasteiger partial charge in [-0.05, 0) is 35.9 Å². The molecule has 24 heavy (non-hydrogen) atoms. The molecule has 0 aliphatic rings. The van der Waals surface area contributed by atoms with Crippen LogP contribution in [0.2, 0.25) is 0 Å². The molecule has 1 atom stereocenters. The van der Waals surface area contributed by atoms with Crippen molar-refractivity contribution in [3.05, 3.63) is 60.3 Å². The van der Waals surface area contributed by atoms with Crippen LogP contribution < -0.4 is 14.8 Å². The molecule has 2 aromatic carbocycles. The van der Waals surface area contributed by atoms with Gasteiger partial charge in [0.1, 0.15) is 5.75 Å². The molecule has 0 aliphatic heterocycles. The Morgan fingerprint density at radius 1 is 1.17 bits per heavy atom. The van der Waals surface area contributed by atoms with Gasteiger partial charge in [-0.15, -0.1) is 0 Å². The summed E-state index contributed by atoms with van der Waals surface area (Å²) in [4.78, 5) is 4.36. The molecule has 0 saturated carbocycles. The summed E-state index contributed by atoms with van der Waals surface area (Å²) < 4.78 is 28.7. The van der Waals surface area contributed by atoms with Crippen LogP contribution in [0.25, 0.3) is 10.9 Å². The zero-order chi connectivity index (χ0) is 16.9. The average Bonchev–Trinajstić information content (AvgIpc) is 2.60. The lowest BCUT2D eigenvalue weighted by Crippen LogP contribution is -2.03. The van der Waals surface area contributed by atoms with E-state index in [4.69, 9.17) is 4.74 Å². The van der Waals surface area contributed by atoms with Gasteiger partial charge in [0.2, 0.25) is 0 Å². The first-order valence-electron chi connectivity index (χ1n) is 7.27. The summed E-state index contributed by atoms with van der Waals surface area (Å²) in [6.07, 6.45) is 1.75. The Hall–Kier alpha value is -2.64. The third kappa shape index (κ3) is 3.81. The smallest absolute Gasteiger partial charge is 0.121 e. The molecular weight excluding hydrogens is 326 g/mol. The Kier molecular flexibility index (Phi) is 4.93. The highest BCUT2D eigenvalue weighted by Gasteiger charge is 2.03. The van der Waals surface area contributed by atoms with Crippen LogP contribution in [0.3, 0.4) is 0 Å². The van der Waals surface area contributed by atoms with Crippen molar-refractivity contribution in [1.29, 1.82) is 0 Å². The number of fused-ring (bicyclic) bond motifs is 1. The summed E-state index contributed by atoms with van der Waals surface area (Å²) in [5, 5.41) is 4.39. The Morgan fingerprint density at radius 3 is 2.67 bits per heavy atom. The maximum absolute atomic E-state index is 10.6. The normalized spacial score (nSPS) is 11.9. The lowest BCUT2D eigenvalue weighted by molar-refractivity contribution is 0.415. The molecule has 0 amide bonds. The van der Waals surface area contributed by atoms with Crippen molar-refractivity contribution >= 4 is 33.5 Å². The fraction of sp³-hybridized carbons (Fsp3) is 0.118. The van der Waals surface area contributed by atoms with Crippen LogP contribution in [0.5, 0.6) is 5.75 Å². The molecule has 1 aromatic heterocycles. The summed E-state index contributed by atoms with van der Waals surface area (Å²) in [5.41, 5.74) is 3.41. The van der Waals surface area contributed by atoms with Crippen molar-refractivity contribution < 1.29 is 13.5 Å². The van der Waals surface area contributed by atoms with Crippen molar-refractivity contribution in [3.63, 3.8) is 0 Å². The second-order valence-corrected chi connectivity index (χ2v) is 5.80. The van der Waals surface area contributed by atoms with E-state index in [0.717, 1.165) is 27.9 Å². The highest BCUT2D eigenvalue weighted by atomic mass is 32.2. The molecule has 0 radical (unpaired) electrons. The molecule has 124 valence electrons. The predicted molar refractivity (Wildman–Crippen MR) is 94.6 cm³/mol. The van der Waals surface area contributed by atoms with Gasteiger partial charge in [-0.25, -0.2) is 0 Å². The monoisotopic (exact) mass is 342 g/mol. The second kappa shape index (κ2) is 7.29. The van der Waals surface area contributed by atoms with Gasteiger partial charge in [0, 0.05) is 46.8 Å². The number of pyridine rings is 1. The lowest BCUT2D eigenvalue weighted by Gasteiger charge is -2.12. The maximum Gasteiger partial charge on any atom is 0.121 e. The van der Waals surface area contributed by atoms with Crippen LogP contribution in [0.4, 0.5) is 11.4 Å². The quantitative estimate of drug-likeness (QED) is 0.672. The first kappa shape index (κ1) is 16.2. The van der Waals surface area contributed by atoms with Crippen molar-refractivity contribution in [2.24, 2.45) is 0 Å². The van der Waals surface area contributed by atoms with E-state index in [1.54, 1.807) is 25.4 Å². The van der Waals surface area contributed by atoms with E-state index in [-0.39, 0.29) is 0 Å². The second-order valence-electron chi connectivity index (χ2n) is 5.13. The summed E-state index contributed by atoms with van der Waals surface area (Å²) >= 11 is -2.31. The molecule has 0 bridgehead atoms. The molecule has 7 heteroatoms. The van der Waals surface area contributed by atoms with E-state index < -0.39 is 11.3 Å². The van der Waals surface area contributed by atoms with Gasteiger partial charge in [0.05, 0.1) is 12.6 Å². The standard InChI is InChI=1S/C17H17N3O3S/c1-23-14-6-7-15-16(8-9-18-17(15)10-14)19-11-12-2-4-13(5-3-12)20-24(21)22/h2-10,20H,11H2,1H3,(H,18,19)(H,21,22)/p-1.